The van der Waals surface area contributed by atoms with E-state index in [4.69, 9.17) is 20.2 Å². The fourth-order valence-electron chi connectivity index (χ4n) is 4.67. The monoisotopic (exact) mass is 542 g/mol. The molecule has 0 spiro atoms. The van der Waals surface area contributed by atoms with Crippen LogP contribution in [0, 0.1) is 0 Å². The van der Waals surface area contributed by atoms with E-state index < -0.39 is 0 Å². The zero-order valence-electron chi connectivity index (χ0n) is 22.6. The van der Waals surface area contributed by atoms with Crippen LogP contribution in [0.1, 0.15) is 54.4 Å². The minimum Gasteiger partial charge on any atom is -0.393 e. The van der Waals surface area contributed by atoms with Crippen molar-refractivity contribution in [3.05, 3.63) is 35.4 Å². The number of nitrogens with zero attached hydrogens (tertiary/aromatic N) is 4. The van der Waals surface area contributed by atoms with Crippen LogP contribution in [0.15, 0.2) is 24.3 Å². The highest BCUT2D eigenvalue weighted by Crippen LogP contribution is 2.23. The molecule has 2 aliphatic rings. The van der Waals surface area contributed by atoms with Gasteiger partial charge >= 0.3 is 0 Å². The van der Waals surface area contributed by atoms with E-state index in [1.165, 1.54) is 0 Å². The summed E-state index contributed by atoms with van der Waals surface area (Å²) in [5.74, 6) is 1.62. The quantitative estimate of drug-likeness (QED) is 0.208. The predicted molar refractivity (Wildman–Crippen MR) is 150 cm³/mol. The van der Waals surface area contributed by atoms with Crippen LogP contribution >= 0.6 is 0 Å². The molecule has 0 radical (unpaired) electrons. The fourth-order valence-corrected chi connectivity index (χ4v) is 4.67. The number of hydrogen-bond donors (Lipinski definition) is 5. The number of rotatable bonds is 15. The lowest BCUT2D eigenvalue weighted by molar-refractivity contribution is 0.0511. The SMILES string of the molecule is NCCOCCOCCNC(=O)c1ccc(CNc2nc(NC3CCC(O)CC3)nc(N3CCCC3)n2)cc1. The molecule has 6 N–H and O–H groups in total. The number of carbonyl (C=O) groups excluding carboxylic acids is 1. The molecule has 39 heavy (non-hydrogen) atoms. The first-order valence-electron chi connectivity index (χ1n) is 14.0. The van der Waals surface area contributed by atoms with Crippen LogP contribution in [-0.4, -0.2) is 90.7 Å². The molecule has 4 rings (SSSR count). The van der Waals surface area contributed by atoms with Crippen molar-refractivity contribution in [3.63, 3.8) is 0 Å². The van der Waals surface area contributed by atoms with Gasteiger partial charge in [-0.3, -0.25) is 4.79 Å². The van der Waals surface area contributed by atoms with Gasteiger partial charge in [0.25, 0.3) is 5.91 Å². The lowest BCUT2D eigenvalue weighted by Crippen LogP contribution is -2.30. The number of nitrogens with two attached hydrogens (primary N) is 1. The zero-order chi connectivity index (χ0) is 27.3. The predicted octanol–water partition coefficient (Wildman–Crippen LogP) is 1.52. The molecule has 1 saturated heterocycles. The number of amides is 1. The van der Waals surface area contributed by atoms with Crippen LogP contribution in [0.4, 0.5) is 17.8 Å². The summed E-state index contributed by atoms with van der Waals surface area (Å²) in [6.45, 7) is 5.23. The normalized spacial score (nSPS) is 19.2. The first kappa shape index (κ1) is 28.9. The molecule has 12 heteroatoms. The molecule has 1 amide bonds. The van der Waals surface area contributed by atoms with E-state index in [9.17, 15) is 9.90 Å². The van der Waals surface area contributed by atoms with Crippen molar-refractivity contribution in [1.29, 1.82) is 0 Å². The van der Waals surface area contributed by atoms with Gasteiger partial charge in [-0.2, -0.15) is 15.0 Å². The first-order valence-corrected chi connectivity index (χ1v) is 14.0. The number of aliphatic hydroxyl groups excluding tert-OH is 1. The van der Waals surface area contributed by atoms with Crippen molar-refractivity contribution >= 4 is 23.8 Å². The van der Waals surface area contributed by atoms with Crippen molar-refractivity contribution < 1.29 is 19.4 Å². The van der Waals surface area contributed by atoms with Crippen LogP contribution in [0.5, 0.6) is 0 Å². The molecule has 1 aromatic heterocycles. The summed E-state index contributed by atoms with van der Waals surface area (Å²) in [5.41, 5.74) is 6.96. The average molecular weight is 543 g/mol. The molecule has 1 aliphatic carbocycles. The summed E-state index contributed by atoms with van der Waals surface area (Å²) < 4.78 is 10.7. The molecule has 2 aromatic rings. The molecule has 1 saturated carbocycles. The van der Waals surface area contributed by atoms with Gasteiger partial charge in [0.2, 0.25) is 17.8 Å². The average Bonchev–Trinajstić information content (AvgIpc) is 3.50. The van der Waals surface area contributed by atoms with Crippen LogP contribution in [-0.2, 0) is 16.0 Å². The molecule has 12 nitrogen and oxygen atoms in total. The van der Waals surface area contributed by atoms with Gasteiger partial charge in [0.1, 0.15) is 0 Å². The van der Waals surface area contributed by atoms with Gasteiger partial charge in [0.05, 0.1) is 32.5 Å². The highest BCUT2D eigenvalue weighted by Gasteiger charge is 2.22. The van der Waals surface area contributed by atoms with Gasteiger partial charge in [-0.15, -0.1) is 0 Å². The van der Waals surface area contributed by atoms with E-state index in [1.54, 1.807) is 12.1 Å². The van der Waals surface area contributed by atoms with Crippen molar-refractivity contribution in [2.75, 3.05) is 68.1 Å². The van der Waals surface area contributed by atoms with Crippen LogP contribution in [0.2, 0.25) is 0 Å². The Morgan fingerprint density at radius 3 is 2.36 bits per heavy atom. The summed E-state index contributed by atoms with van der Waals surface area (Å²) in [4.78, 5) is 28.6. The van der Waals surface area contributed by atoms with Gasteiger partial charge < -0.3 is 41.2 Å². The zero-order valence-corrected chi connectivity index (χ0v) is 22.6. The van der Waals surface area contributed by atoms with Crippen molar-refractivity contribution in [2.45, 2.75) is 57.2 Å². The maximum atomic E-state index is 12.4. The summed E-state index contributed by atoms with van der Waals surface area (Å²) in [7, 11) is 0. The van der Waals surface area contributed by atoms with E-state index in [2.05, 4.69) is 30.8 Å². The van der Waals surface area contributed by atoms with E-state index in [0.29, 0.717) is 69.5 Å². The molecule has 214 valence electrons. The smallest absolute Gasteiger partial charge is 0.251 e. The molecule has 2 heterocycles. The number of aromatic nitrogens is 3. The van der Waals surface area contributed by atoms with Gasteiger partial charge in [0, 0.05) is 44.3 Å². The van der Waals surface area contributed by atoms with Gasteiger partial charge in [0.15, 0.2) is 0 Å². The van der Waals surface area contributed by atoms with Gasteiger partial charge in [-0.05, 0) is 56.2 Å². The topological polar surface area (TPSA) is 160 Å². The highest BCUT2D eigenvalue weighted by atomic mass is 16.5. The molecule has 0 unspecified atom stereocenters. The number of carbonyl (C=O) groups is 1. The van der Waals surface area contributed by atoms with Crippen molar-refractivity contribution in [2.24, 2.45) is 5.73 Å². The van der Waals surface area contributed by atoms with E-state index in [0.717, 1.165) is 57.2 Å². The molecular formula is C27H42N8O4. The molecule has 1 aliphatic heterocycles. The summed E-state index contributed by atoms with van der Waals surface area (Å²) in [5, 5.41) is 19.5. The number of ether oxygens (including phenoxy) is 2. The third-order valence-corrected chi connectivity index (χ3v) is 6.88. The van der Waals surface area contributed by atoms with E-state index >= 15 is 0 Å². The Kier molecular flexibility index (Phi) is 11.5. The Hall–Kier alpha value is -3.06. The summed E-state index contributed by atoms with van der Waals surface area (Å²) in [6, 6.07) is 7.70. The third-order valence-electron chi connectivity index (χ3n) is 6.88. The molecule has 2 fully saturated rings. The lowest BCUT2D eigenvalue weighted by Gasteiger charge is -2.26. The Morgan fingerprint density at radius 1 is 0.949 bits per heavy atom. The standard InChI is InChI=1S/C27H42N8O4/c28-11-15-38-17-18-39-16-12-29-24(37)21-5-3-20(4-6-21)19-30-25-32-26(31-22-7-9-23(36)10-8-22)34-27(33-25)35-13-1-2-14-35/h3-6,22-23,36H,1-2,7-19,28H2,(H,29,37)(H2,30,31,32,33,34). The van der Waals surface area contributed by atoms with Crippen LogP contribution in [0.3, 0.4) is 0 Å². The Labute approximate surface area is 230 Å². The number of benzene rings is 1. The molecule has 1 aromatic carbocycles. The lowest BCUT2D eigenvalue weighted by atomic mass is 9.93. The summed E-state index contributed by atoms with van der Waals surface area (Å²) >= 11 is 0. The maximum absolute atomic E-state index is 12.4. The number of nitrogens with one attached hydrogen (secondary N) is 3. The highest BCUT2D eigenvalue weighted by molar-refractivity contribution is 5.94. The largest absolute Gasteiger partial charge is 0.393 e. The molecule has 0 bridgehead atoms. The van der Waals surface area contributed by atoms with Crippen molar-refractivity contribution in [3.8, 4) is 0 Å². The summed E-state index contributed by atoms with van der Waals surface area (Å²) in [6.07, 6.45) is 5.43. The fraction of sp³-hybridized carbons (Fsp3) is 0.630. The Bertz CT molecular complexity index is 1010. The minimum absolute atomic E-state index is 0.142. The second-order valence-electron chi connectivity index (χ2n) is 9.95. The van der Waals surface area contributed by atoms with E-state index in [-0.39, 0.29) is 18.1 Å². The van der Waals surface area contributed by atoms with Crippen LogP contribution < -0.4 is 26.6 Å². The second kappa shape index (κ2) is 15.5. The number of aliphatic hydroxyl groups is 1. The minimum atomic E-state index is -0.206. The maximum Gasteiger partial charge on any atom is 0.251 e. The number of hydrogen-bond acceptors (Lipinski definition) is 11. The van der Waals surface area contributed by atoms with Gasteiger partial charge in [-0.25, -0.2) is 0 Å². The Morgan fingerprint density at radius 2 is 1.64 bits per heavy atom. The van der Waals surface area contributed by atoms with Crippen LogP contribution in [0.25, 0.3) is 0 Å². The Balaban J connectivity index is 1.27. The van der Waals surface area contributed by atoms with Gasteiger partial charge in [-0.1, -0.05) is 12.1 Å². The third kappa shape index (κ3) is 9.57. The first-order chi connectivity index (χ1) is 19.1. The van der Waals surface area contributed by atoms with Crippen molar-refractivity contribution in [1.82, 2.24) is 20.3 Å². The number of anilines is 3. The molecular weight excluding hydrogens is 500 g/mol. The molecule has 0 atom stereocenters. The van der Waals surface area contributed by atoms with E-state index in [1.807, 2.05) is 12.1 Å². The second-order valence-corrected chi connectivity index (χ2v) is 9.95.